The Morgan fingerprint density at radius 1 is 1.67 bits per heavy atom. The molecule has 4 heteroatoms. The van der Waals surface area contributed by atoms with E-state index in [0.717, 1.165) is 0 Å². The van der Waals surface area contributed by atoms with Crippen LogP contribution in [0.4, 0.5) is 4.79 Å². The van der Waals surface area contributed by atoms with Gasteiger partial charge in [-0.15, -0.1) is 0 Å². The average Bonchev–Trinajstić information content (AvgIpc) is 1.63. The van der Waals surface area contributed by atoms with Crippen LogP contribution < -0.4 is 10.6 Å². The summed E-state index contributed by atoms with van der Waals surface area (Å²) in [5, 5.41) is 14.8. The highest BCUT2D eigenvalue weighted by atomic mass is 16.3. The smallest absolute Gasteiger partial charge is 0.316 e. The molecule has 2 amide bonds. The van der Waals surface area contributed by atoms with Gasteiger partial charge in [0.15, 0.2) is 6.23 Å². The van der Waals surface area contributed by atoms with Crippen molar-refractivity contribution in [2.45, 2.75) is 20.1 Å². The molecule has 0 spiro atoms. The van der Waals surface area contributed by atoms with Gasteiger partial charge < -0.3 is 10.6 Å². The quantitative estimate of drug-likeness (QED) is 0.512. The maximum absolute atomic E-state index is 10.4. The van der Waals surface area contributed by atoms with E-state index >= 15 is 0 Å². The normalized spacial score (nSPS) is 12.3. The van der Waals surface area contributed by atoms with Crippen LogP contribution in [-0.2, 0) is 5.11 Å². The van der Waals surface area contributed by atoms with Gasteiger partial charge in [0, 0.05) is 6.54 Å². The van der Waals surface area contributed by atoms with Gasteiger partial charge in [0.25, 0.3) is 0 Å². The summed E-state index contributed by atoms with van der Waals surface area (Å²) in [5.74, 6) is 0. The molecule has 9 heavy (non-hydrogen) atoms. The third-order valence-electron chi connectivity index (χ3n) is 0.672. The van der Waals surface area contributed by atoms with Crippen molar-refractivity contribution in [1.29, 1.82) is 0 Å². The van der Waals surface area contributed by atoms with Gasteiger partial charge in [-0.05, 0) is 13.8 Å². The molecule has 0 bridgehead atoms. The van der Waals surface area contributed by atoms with Gasteiger partial charge in [-0.1, -0.05) is 0 Å². The summed E-state index contributed by atoms with van der Waals surface area (Å²) < 4.78 is 0. The molecular weight excluding hydrogens is 120 g/mol. The largest absolute Gasteiger partial charge is 0.338 e. The molecule has 0 rings (SSSR count). The summed E-state index contributed by atoms with van der Waals surface area (Å²) in [6.45, 7) is 3.70. The third kappa shape index (κ3) is 5.10. The molecule has 1 atom stereocenters. The fourth-order valence-corrected chi connectivity index (χ4v) is 0.396. The first kappa shape index (κ1) is 8.23. The lowest BCUT2D eigenvalue weighted by molar-refractivity contribution is 0.0832. The molecule has 0 aliphatic carbocycles. The molecule has 0 aromatic carbocycles. The molecule has 0 heterocycles. The summed E-state index contributed by atoms with van der Waals surface area (Å²) >= 11 is 0. The second-order valence-corrected chi connectivity index (χ2v) is 1.65. The number of hydrogen-bond acceptors (Lipinski definition) is 1. The van der Waals surface area contributed by atoms with Crippen molar-refractivity contribution in [2.24, 2.45) is 0 Å². The fourth-order valence-electron chi connectivity index (χ4n) is 0.396. The van der Waals surface area contributed by atoms with E-state index in [1.54, 1.807) is 6.92 Å². The molecule has 53 valence electrons. The molecule has 0 fully saturated rings. The monoisotopic (exact) mass is 131 g/mol. The Balaban J connectivity index is 3.27. The Labute approximate surface area is 54.3 Å². The predicted molar refractivity (Wildman–Crippen MR) is 32.4 cm³/mol. The molecular formula is C5H11N2O2. The van der Waals surface area contributed by atoms with Crippen LogP contribution in [0.1, 0.15) is 13.8 Å². The zero-order valence-electron chi connectivity index (χ0n) is 5.60. The van der Waals surface area contributed by atoms with Crippen molar-refractivity contribution in [3.8, 4) is 0 Å². The minimum Gasteiger partial charge on any atom is -0.338 e. The molecule has 1 radical (unpaired) electrons. The first-order valence-electron chi connectivity index (χ1n) is 2.87. The Morgan fingerprint density at radius 3 is 2.56 bits per heavy atom. The third-order valence-corrected chi connectivity index (χ3v) is 0.672. The molecule has 0 aliphatic heterocycles. The maximum atomic E-state index is 10.4. The standard InChI is InChI=1S/C5H11N2O2/c1-3-6-5(9)7-4(2)8/h4H,3H2,1-2H3,(H2,6,7,9). The number of rotatable bonds is 2. The summed E-state index contributed by atoms with van der Waals surface area (Å²) in [5.41, 5.74) is 0. The van der Waals surface area contributed by atoms with Gasteiger partial charge >= 0.3 is 6.03 Å². The van der Waals surface area contributed by atoms with Gasteiger partial charge in [0.2, 0.25) is 0 Å². The Kier molecular flexibility index (Phi) is 3.79. The fraction of sp³-hybridized carbons (Fsp3) is 0.800. The minimum atomic E-state index is -1.03. The van der Waals surface area contributed by atoms with Crippen molar-refractivity contribution in [1.82, 2.24) is 10.6 Å². The van der Waals surface area contributed by atoms with E-state index < -0.39 is 12.3 Å². The number of carbonyl (C=O) groups is 1. The molecule has 0 aromatic rings. The number of urea groups is 1. The zero-order chi connectivity index (χ0) is 7.28. The molecule has 0 aromatic heterocycles. The Hall–Kier alpha value is -0.770. The van der Waals surface area contributed by atoms with E-state index in [2.05, 4.69) is 10.6 Å². The maximum Gasteiger partial charge on any atom is 0.316 e. The van der Waals surface area contributed by atoms with E-state index in [9.17, 15) is 9.90 Å². The molecule has 1 unspecified atom stereocenters. The van der Waals surface area contributed by atoms with E-state index in [1.807, 2.05) is 0 Å². The first-order valence-corrected chi connectivity index (χ1v) is 2.87. The lowest BCUT2D eigenvalue weighted by Crippen LogP contribution is -2.39. The molecule has 2 N–H and O–H groups in total. The summed E-state index contributed by atoms with van der Waals surface area (Å²) in [7, 11) is 0. The van der Waals surface area contributed by atoms with Crippen LogP contribution in [-0.4, -0.2) is 18.8 Å². The summed E-state index contributed by atoms with van der Waals surface area (Å²) in [4.78, 5) is 10.4. The highest BCUT2D eigenvalue weighted by Gasteiger charge is 2.00. The topological polar surface area (TPSA) is 61.0 Å². The lowest BCUT2D eigenvalue weighted by atomic mass is 10.6. The van der Waals surface area contributed by atoms with Crippen molar-refractivity contribution in [2.75, 3.05) is 6.54 Å². The van der Waals surface area contributed by atoms with Gasteiger partial charge in [-0.2, -0.15) is 0 Å². The number of nitrogens with one attached hydrogen (secondary N) is 2. The van der Waals surface area contributed by atoms with Crippen LogP contribution in [0, 0.1) is 0 Å². The van der Waals surface area contributed by atoms with Crippen molar-refractivity contribution in [3.05, 3.63) is 0 Å². The first-order chi connectivity index (χ1) is 4.16. The van der Waals surface area contributed by atoms with Gasteiger partial charge in [-0.25, -0.2) is 9.90 Å². The highest BCUT2D eigenvalue weighted by Crippen LogP contribution is 1.71. The number of carbonyl (C=O) groups excluding carboxylic acids is 1. The van der Waals surface area contributed by atoms with E-state index in [4.69, 9.17) is 0 Å². The second kappa shape index (κ2) is 4.14. The Morgan fingerprint density at radius 2 is 2.22 bits per heavy atom. The average molecular weight is 131 g/mol. The van der Waals surface area contributed by atoms with E-state index in [1.165, 1.54) is 6.92 Å². The van der Waals surface area contributed by atoms with Crippen LogP contribution in [0.25, 0.3) is 0 Å². The van der Waals surface area contributed by atoms with Crippen LogP contribution in [0.2, 0.25) is 0 Å². The highest BCUT2D eigenvalue weighted by molar-refractivity contribution is 5.73. The van der Waals surface area contributed by atoms with Crippen LogP contribution >= 0.6 is 0 Å². The van der Waals surface area contributed by atoms with Crippen LogP contribution in [0.5, 0.6) is 0 Å². The van der Waals surface area contributed by atoms with Crippen LogP contribution in [0.15, 0.2) is 0 Å². The van der Waals surface area contributed by atoms with E-state index in [-0.39, 0.29) is 0 Å². The zero-order valence-corrected chi connectivity index (χ0v) is 5.60. The van der Waals surface area contributed by atoms with Crippen molar-refractivity contribution >= 4 is 6.03 Å². The predicted octanol–water partition coefficient (Wildman–Crippen LogP) is 0.0820. The van der Waals surface area contributed by atoms with Gasteiger partial charge in [0.1, 0.15) is 0 Å². The molecule has 4 nitrogen and oxygen atoms in total. The van der Waals surface area contributed by atoms with Gasteiger partial charge in [-0.3, -0.25) is 0 Å². The molecule has 0 saturated heterocycles. The van der Waals surface area contributed by atoms with Crippen molar-refractivity contribution in [3.63, 3.8) is 0 Å². The minimum absolute atomic E-state index is 0.403. The number of hydrogen-bond donors (Lipinski definition) is 2. The van der Waals surface area contributed by atoms with E-state index in [0.29, 0.717) is 6.54 Å². The lowest BCUT2D eigenvalue weighted by Gasteiger charge is -2.04. The molecule has 0 aliphatic rings. The molecule has 0 saturated carbocycles. The Bertz CT molecular complexity index is 93.0. The van der Waals surface area contributed by atoms with Crippen LogP contribution in [0.3, 0.4) is 0 Å². The summed E-state index contributed by atoms with van der Waals surface area (Å²) in [6.07, 6.45) is -1.03. The number of amides is 2. The second-order valence-electron chi connectivity index (χ2n) is 1.65. The van der Waals surface area contributed by atoms with Crippen molar-refractivity contribution < 1.29 is 9.90 Å². The van der Waals surface area contributed by atoms with Gasteiger partial charge in [0.05, 0.1) is 0 Å². The SMILES string of the molecule is CCNC(=O)NC(C)[O]. The summed E-state index contributed by atoms with van der Waals surface area (Å²) in [6, 6.07) is -0.403.